The van der Waals surface area contributed by atoms with Crippen molar-refractivity contribution in [2.75, 3.05) is 6.61 Å². The first-order chi connectivity index (χ1) is 7.24. The summed E-state index contributed by atoms with van der Waals surface area (Å²) >= 11 is 0. The molecule has 0 bridgehead atoms. The zero-order valence-corrected chi connectivity index (χ0v) is 9.31. The molecule has 0 aromatic heterocycles. The largest absolute Gasteiger partial charge is 0.494 e. The molecule has 2 heteroatoms. The molecule has 3 atom stereocenters. The molecule has 0 unspecified atom stereocenters. The third-order valence-electron chi connectivity index (χ3n) is 3.08. The van der Waals surface area contributed by atoms with E-state index in [2.05, 4.69) is 6.07 Å². The molecule has 1 fully saturated rings. The van der Waals surface area contributed by atoms with Crippen molar-refractivity contribution in [3.8, 4) is 5.75 Å². The Balaban J connectivity index is 2.15. The van der Waals surface area contributed by atoms with Crippen molar-refractivity contribution in [2.45, 2.75) is 32.3 Å². The van der Waals surface area contributed by atoms with E-state index in [0.29, 0.717) is 18.4 Å². The Labute approximate surface area is 90.9 Å². The molecule has 0 amide bonds. The lowest BCUT2D eigenvalue weighted by Crippen LogP contribution is -2.04. The number of hydrogen-bond donors (Lipinski definition) is 1. The minimum Gasteiger partial charge on any atom is -0.494 e. The first-order valence-corrected chi connectivity index (χ1v) is 5.63. The number of rotatable bonds is 4. The third kappa shape index (κ3) is 2.15. The molecule has 0 heterocycles. The van der Waals surface area contributed by atoms with Crippen molar-refractivity contribution in [3.05, 3.63) is 29.8 Å². The van der Waals surface area contributed by atoms with Crippen molar-refractivity contribution in [1.82, 2.24) is 0 Å². The van der Waals surface area contributed by atoms with Crippen LogP contribution < -0.4 is 4.74 Å². The molecule has 2 nitrogen and oxygen atoms in total. The average molecular weight is 206 g/mol. The number of hydrogen-bond acceptors (Lipinski definition) is 2. The van der Waals surface area contributed by atoms with E-state index in [4.69, 9.17) is 4.74 Å². The van der Waals surface area contributed by atoms with Gasteiger partial charge >= 0.3 is 0 Å². The molecule has 1 saturated carbocycles. The highest BCUT2D eigenvalue weighted by molar-refractivity contribution is 5.39. The van der Waals surface area contributed by atoms with Gasteiger partial charge in [0.1, 0.15) is 5.75 Å². The van der Waals surface area contributed by atoms with Crippen LogP contribution in [-0.4, -0.2) is 17.8 Å². The van der Waals surface area contributed by atoms with E-state index in [-0.39, 0.29) is 6.10 Å². The van der Waals surface area contributed by atoms with Gasteiger partial charge in [0.2, 0.25) is 0 Å². The fourth-order valence-corrected chi connectivity index (χ4v) is 2.18. The van der Waals surface area contributed by atoms with Gasteiger partial charge in [-0.15, -0.1) is 0 Å². The molecule has 1 aliphatic rings. The van der Waals surface area contributed by atoms with Gasteiger partial charge < -0.3 is 9.84 Å². The van der Waals surface area contributed by atoms with Gasteiger partial charge in [-0.25, -0.2) is 0 Å². The van der Waals surface area contributed by atoms with Crippen LogP contribution in [0.15, 0.2) is 24.3 Å². The van der Waals surface area contributed by atoms with Crippen LogP contribution >= 0.6 is 0 Å². The van der Waals surface area contributed by atoms with Crippen LogP contribution in [0, 0.1) is 5.92 Å². The molecule has 0 aliphatic heterocycles. The SMILES string of the molecule is CCOc1ccccc1[C@@H]1C[C@H]1[C@H](C)O. The molecular formula is C13H18O2. The molecule has 1 aliphatic carbocycles. The van der Waals surface area contributed by atoms with Crippen LogP contribution in [0.1, 0.15) is 31.7 Å². The normalized spacial score (nSPS) is 26.1. The second-order valence-corrected chi connectivity index (χ2v) is 4.22. The predicted octanol–water partition coefficient (Wildman–Crippen LogP) is 2.57. The van der Waals surface area contributed by atoms with Crippen molar-refractivity contribution in [1.29, 1.82) is 0 Å². The van der Waals surface area contributed by atoms with Gasteiger partial charge in [0.05, 0.1) is 12.7 Å². The van der Waals surface area contributed by atoms with Gasteiger partial charge in [-0.2, -0.15) is 0 Å². The number of benzene rings is 1. The molecule has 0 radical (unpaired) electrons. The fourth-order valence-electron chi connectivity index (χ4n) is 2.18. The Morgan fingerprint density at radius 2 is 2.20 bits per heavy atom. The Kier molecular flexibility index (Phi) is 2.96. The summed E-state index contributed by atoms with van der Waals surface area (Å²) in [6.45, 7) is 4.56. The highest BCUT2D eigenvalue weighted by Crippen LogP contribution is 2.51. The lowest BCUT2D eigenvalue weighted by atomic mass is 10.1. The van der Waals surface area contributed by atoms with Crippen molar-refractivity contribution >= 4 is 0 Å². The third-order valence-corrected chi connectivity index (χ3v) is 3.08. The Bertz CT molecular complexity index is 333. The molecular weight excluding hydrogens is 188 g/mol. The van der Waals surface area contributed by atoms with Gasteiger partial charge in [0, 0.05) is 0 Å². The van der Waals surface area contributed by atoms with E-state index >= 15 is 0 Å². The van der Waals surface area contributed by atoms with E-state index in [0.717, 1.165) is 12.2 Å². The molecule has 0 saturated heterocycles. The zero-order valence-electron chi connectivity index (χ0n) is 9.31. The first kappa shape index (κ1) is 10.5. The maximum atomic E-state index is 9.50. The molecule has 0 spiro atoms. The maximum Gasteiger partial charge on any atom is 0.122 e. The number of aliphatic hydroxyl groups excluding tert-OH is 1. The summed E-state index contributed by atoms with van der Waals surface area (Å²) in [7, 11) is 0. The van der Waals surface area contributed by atoms with E-state index in [1.165, 1.54) is 5.56 Å². The minimum absolute atomic E-state index is 0.204. The van der Waals surface area contributed by atoms with E-state index in [9.17, 15) is 5.11 Å². The quantitative estimate of drug-likeness (QED) is 0.820. The van der Waals surface area contributed by atoms with Crippen LogP contribution in [0.25, 0.3) is 0 Å². The first-order valence-electron chi connectivity index (χ1n) is 5.63. The maximum absolute atomic E-state index is 9.50. The van der Waals surface area contributed by atoms with Crippen LogP contribution in [0.5, 0.6) is 5.75 Å². The highest BCUT2D eigenvalue weighted by atomic mass is 16.5. The zero-order chi connectivity index (χ0) is 10.8. The summed E-state index contributed by atoms with van der Waals surface area (Å²) in [5, 5.41) is 9.50. The lowest BCUT2D eigenvalue weighted by molar-refractivity contribution is 0.168. The topological polar surface area (TPSA) is 29.5 Å². The fraction of sp³-hybridized carbons (Fsp3) is 0.538. The summed E-state index contributed by atoms with van der Waals surface area (Å²) in [4.78, 5) is 0. The second-order valence-electron chi connectivity index (χ2n) is 4.22. The number of para-hydroxylation sites is 1. The Hall–Kier alpha value is -1.02. The molecule has 1 N–H and O–H groups in total. The summed E-state index contributed by atoms with van der Waals surface area (Å²) < 4.78 is 5.58. The van der Waals surface area contributed by atoms with Gasteiger partial charge in [-0.3, -0.25) is 0 Å². The van der Waals surface area contributed by atoms with E-state index < -0.39 is 0 Å². The molecule has 1 aromatic carbocycles. The Morgan fingerprint density at radius 3 is 2.80 bits per heavy atom. The molecule has 82 valence electrons. The number of ether oxygens (including phenoxy) is 1. The summed E-state index contributed by atoms with van der Waals surface area (Å²) in [6, 6.07) is 8.15. The van der Waals surface area contributed by atoms with Crippen molar-refractivity contribution < 1.29 is 9.84 Å². The minimum atomic E-state index is -0.204. The monoisotopic (exact) mass is 206 g/mol. The lowest BCUT2D eigenvalue weighted by Gasteiger charge is -2.10. The van der Waals surface area contributed by atoms with Crippen molar-refractivity contribution in [3.63, 3.8) is 0 Å². The molecule has 2 rings (SSSR count). The van der Waals surface area contributed by atoms with E-state index in [1.807, 2.05) is 32.0 Å². The van der Waals surface area contributed by atoms with Gasteiger partial charge in [0.15, 0.2) is 0 Å². The van der Waals surface area contributed by atoms with Gasteiger partial charge in [-0.1, -0.05) is 18.2 Å². The second kappa shape index (κ2) is 4.23. The van der Waals surface area contributed by atoms with Crippen LogP contribution in [-0.2, 0) is 0 Å². The van der Waals surface area contributed by atoms with Crippen LogP contribution in [0.3, 0.4) is 0 Å². The Morgan fingerprint density at radius 1 is 1.47 bits per heavy atom. The average Bonchev–Trinajstić information content (AvgIpc) is 2.99. The summed E-state index contributed by atoms with van der Waals surface area (Å²) in [6.07, 6.45) is 0.881. The molecule has 15 heavy (non-hydrogen) atoms. The molecule has 1 aromatic rings. The summed E-state index contributed by atoms with van der Waals surface area (Å²) in [5.74, 6) is 1.90. The summed E-state index contributed by atoms with van der Waals surface area (Å²) in [5.41, 5.74) is 1.25. The number of aliphatic hydroxyl groups is 1. The van der Waals surface area contributed by atoms with E-state index in [1.54, 1.807) is 0 Å². The van der Waals surface area contributed by atoms with Crippen LogP contribution in [0.2, 0.25) is 0 Å². The van der Waals surface area contributed by atoms with Crippen molar-refractivity contribution in [2.24, 2.45) is 5.92 Å². The predicted molar refractivity (Wildman–Crippen MR) is 60.1 cm³/mol. The van der Waals surface area contributed by atoms with Crippen LogP contribution in [0.4, 0.5) is 0 Å². The smallest absolute Gasteiger partial charge is 0.122 e. The van der Waals surface area contributed by atoms with Gasteiger partial charge in [0.25, 0.3) is 0 Å². The highest BCUT2D eigenvalue weighted by Gasteiger charge is 2.42. The standard InChI is InChI=1S/C13H18O2/c1-3-15-13-7-5-4-6-10(13)12-8-11(12)9(2)14/h4-7,9,11-12,14H,3,8H2,1-2H3/t9-,11-,12-/m0/s1. The van der Waals surface area contributed by atoms with Gasteiger partial charge in [-0.05, 0) is 43.7 Å².